The van der Waals surface area contributed by atoms with Crippen LogP contribution in [0, 0.1) is 13.8 Å². The van der Waals surface area contributed by atoms with E-state index in [1.165, 1.54) is 24.0 Å². The molecule has 2 N–H and O–H groups in total. The molecule has 9 heteroatoms. The van der Waals surface area contributed by atoms with Crippen LogP contribution < -0.4 is 10.6 Å². The van der Waals surface area contributed by atoms with Gasteiger partial charge in [-0.15, -0.1) is 11.3 Å². The number of anilines is 2. The second-order valence-corrected chi connectivity index (χ2v) is 8.70. The van der Waals surface area contributed by atoms with Gasteiger partial charge in [-0.3, -0.25) is 4.68 Å². The first-order valence-corrected chi connectivity index (χ1v) is 10.4. The van der Waals surface area contributed by atoms with E-state index in [9.17, 15) is 4.79 Å². The highest BCUT2D eigenvalue weighted by molar-refractivity contribution is 9.10. The van der Waals surface area contributed by atoms with Gasteiger partial charge in [0.15, 0.2) is 10.9 Å². The summed E-state index contributed by atoms with van der Waals surface area (Å²) in [4.78, 5) is 12.9. The highest BCUT2D eigenvalue weighted by atomic mass is 79.9. The molecule has 0 aliphatic rings. The molecule has 28 heavy (non-hydrogen) atoms. The van der Waals surface area contributed by atoms with Gasteiger partial charge in [0.25, 0.3) is 0 Å². The lowest BCUT2D eigenvalue weighted by Gasteiger charge is -2.09. The predicted molar refractivity (Wildman–Crippen MR) is 120 cm³/mol. The summed E-state index contributed by atoms with van der Waals surface area (Å²) in [6.07, 6.45) is 1.89. The Morgan fingerprint density at radius 2 is 2.00 bits per heavy atom. The molecule has 6 nitrogen and oxygen atoms in total. The SMILES string of the molecule is COC(=O)c1cc(C)sc1NC(=S)Nc1nn(Cc2ccc(C)cc2)cc1Br. The second kappa shape index (κ2) is 8.85. The number of benzene rings is 1. The molecule has 3 rings (SSSR count). The molecule has 0 bridgehead atoms. The Hall–Kier alpha value is -2.23. The van der Waals surface area contributed by atoms with Crippen LogP contribution in [0.15, 0.2) is 41.0 Å². The van der Waals surface area contributed by atoms with Gasteiger partial charge >= 0.3 is 5.97 Å². The summed E-state index contributed by atoms with van der Waals surface area (Å²) in [5, 5.41) is 11.6. The summed E-state index contributed by atoms with van der Waals surface area (Å²) in [6.45, 7) is 4.63. The molecule has 0 aliphatic heterocycles. The Kier molecular flexibility index (Phi) is 6.48. The molecule has 0 aliphatic carbocycles. The van der Waals surface area contributed by atoms with Gasteiger partial charge in [0, 0.05) is 11.1 Å². The number of nitrogens with zero attached hydrogens (tertiary/aromatic N) is 2. The number of nitrogens with one attached hydrogen (secondary N) is 2. The van der Waals surface area contributed by atoms with Gasteiger partial charge in [0.2, 0.25) is 0 Å². The minimum Gasteiger partial charge on any atom is -0.465 e. The average molecular weight is 479 g/mol. The van der Waals surface area contributed by atoms with Crippen molar-refractivity contribution in [2.24, 2.45) is 0 Å². The lowest BCUT2D eigenvalue weighted by molar-refractivity contribution is 0.0602. The third kappa shape index (κ3) is 4.98. The number of thiocarbonyl (C=S) groups is 1. The summed E-state index contributed by atoms with van der Waals surface area (Å²) >= 11 is 10.3. The van der Waals surface area contributed by atoms with Crippen molar-refractivity contribution in [2.45, 2.75) is 20.4 Å². The maximum absolute atomic E-state index is 11.9. The van der Waals surface area contributed by atoms with E-state index in [4.69, 9.17) is 17.0 Å². The molecule has 0 atom stereocenters. The van der Waals surface area contributed by atoms with Gasteiger partial charge < -0.3 is 15.4 Å². The Balaban J connectivity index is 1.69. The quantitative estimate of drug-likeness (QED) is 0.398. The summed E-state index contributed by atoms with van der Waals surface area (Å²) in [7, 11) is 1.35. The number of thiophene rings is 1. The zero-order valence-electron chi connectivity index (χ0n) is 15.6. The fraction of sp³-hybridized carbons (Fsp3) is 0.211. The van der Waals surface area contributed by atoms with Gasteiger partial charge in [-0.2, -0.15) is 5.10 Å². The maximum atomic E-state index is 11.9. The highest BCUT2D eigenvalue weighted by Crippen LogP contribution is 2.29. The first kappa shape index (κ1) is 20.5. The molecule has 2 heterocycles. The lowest BCUT2D eigenvalue weighted by Crippen LogP contribution is -2.20. The fourth-order valence-electron chi connectivity index (χ4n) is 2.55. The molecule has 146 valence electrons. The second-order valence-electron chi connectivity index (χ2n) is 6.18. The number of ether oxygens (including phenoxy) is 1. The van der Waals surface area contributed by atoms with E-state index in [0.29, 0.717) is 28.0 Å². The molecule has 0 fully saturated rings. The summed E-state index contributed by atoms with van der Waals surface area (Å²) < 4.78 is 7.44. The van der Waals surface area contributed by atoms with Crippen LogP contribution in [0.5, 0.6) is 0 Å². The molecular formula is C19H19BrN4O2S2. The van der Waals surface area contributed by atoms with Crippen LogP contribution in [0.3, 0.4) is 0 Å². The van der Waals surface area contributed by atoms with Crippen molar-refractivity contribution < 1.29 is 9.53 Å². The number of halogens is 1. The third-order valence-electron chi connectivity index (χ3n) is 3.90. The maximum Gasteiger partial charge on any atom is 0.340 e. The Bertz CT molecular complexity index is 1010. The van der Waals surface area contributed by atoms with E-state index in [1.54, 1.807) is 6.07 Å². The number of hydrogen-bond acceptors (Lipinski definition) is 5. The predicted octanol–water partition coefficient (Wildman–Crippen LogP) is 4.97. The molecule has 0 saturated carbocycles. The number of hydrogen-bond donors (Lipinski definition) is 2. The third-order valence-corrected chi connectivity index (χ3v) is 5.65. The smallest absolute Gasteiger partial charge is 0.340 e. The minimum absolute atomic E-state index is 0.341. The lowest BCUT2D eigenvalue weighted by atomic mass is 10.1. The Morgan fingerprint density at radius 3 is 2.68 bits per heavy atom. The van der Waals surface area contributed by atoms with Crippen molar-refractivity contribution in [3.63, 3.8) is 0 Å². The van der Waals surface area contributed by atoms with Crippen LogP contribution in [0.25, 0.3) is 0 Å². The van der Waals surface area contributed by atoms with Crippen molar-refractivity contribution in [1.29, 1.82) is 0 Å². The van der Waals surface area contributed by atoms with Crippen LogP contribution >= 0.6 is 39.5 Å². The Morgan fingerprint density at radius 1 is 1.29 bits per heavy atom. The number of carbonyl (C=O) groups is 1. The van der Waals surface area contributed by atoms with Crippen molar-refractivity contribution in [2.75, 3.05) is 17.7 Å². The molecule has 0 saturated heterocycles. The van der Waals surface area contributed by atoms with Crippen molar-refractivity contribution in [3.8, 4) is 0 Å². The van der Waals surface area contributed by atoms with E-state index >= 15 is 0 Å². The van der Waals surface area contributed by atoms with Gasteiger partial charge in [-0.05, 0) is 53.6 Å². The average Bonchev–Trinajstić information content (AvgIpc) is 3.18. The van der Waals surface area contributed by atoms with Crippen molar-refractivity contribution in [1.82, 2.24) is 9.78 Å². The van der Waals surface area contributed by atoms with E-state index in [2.05, 4.69) is 62.9 Å². The summed E-state index contributed by atoms with van der Waals surface area (Å²) in [5.74, 6) is 0.190. The molecule has 3 aromatic rings. The van der Waals surface area contributed by atoms with Crippen molar-refractivity contribution >= 4 is 61.4 Å². The van der Waals surface area contributed by atoms with Crippen LogP contribution in [0.4, 0.5) is 10.8 Å². The van der Waals surface area contributed by atoms with Crippen LogP contribution in [0.2, 0.25) is 0 Å². The molecule has 0 spiro atoms. The summed E-state index contributed by atoms with van der Waals surface area (Å²) in [6, 6.07) is 10.1. The van der Waals surface area contributed by atoms with Gasteiger partial charge in [0.05, 0.1) is 23.7 Å². The largest absolute Gasteiger partial charge is 0.465 e. The first-order valence-electron chi connectivity index (χ1n) is 8.41. The zero-order chi connectivity index (χ0) is 20.3. The number of esters is 1. The Labute approximate surface area is 181 Å². The van der Waals surface area contributed by atoms with Crippen LogP contribution in [-0.4, -0.2) is 28.0 Å². The van der Waals surface area contributed by atoms with Gasteiger partial charge in [-0.25, -0.2) is 4.79 Å². The van der Waals surface area contributed by atoms with E-state index in [-0.39, 0.29) is 0 Å². The van der Waals surface area contributed by atoms with Crippen LogP contribution in [0.1, 0.15) is 26.4 Å². The number of aryl methyl sites for hydroxylation is 2. The normalized spacial score (nSPS) is 10.6. The number of carbonyl (C=O) groups excluding carboxylic acids is 1. The topological polar surface area (TPSA) is 68.2 Å². The monoisotopic (exact) mass is 478 g/mol. The molecule has 0 amide bonds. The van der Waals surface area contributed by atoms with E-state index in [1.807, 2.05) is 17.8 Å². The number of rotatable bonds is 5. The molecule has 0 radical (unpaired) electrons. The van der Waals surface area contributed by atoms with Crippen molar-refractivity contribution in [3.05, 3.63) is 62.6 Å². The van der Waals surface area contributed by atoms with Gasteiger partial charge in [0.1, 0.15) is 5.00 Å². The minimum atomic E-state index is -0.404. The van der Waals surface area contributed by atoms with E-state index in [0.717, 1.165) is 14.9 Å². The van der Waals surface area contributed by atoms with Gasteiger partial charge in [-0.1, -0.05) is 29.8 Å². The summed E-state index contributed by atoms with van der Waals surface area (Å²) in [5.41, 5.74) is 2.84. The molecule has 2 aromatic heterocycles. The first-order chi connectivity index (χ1) is 13.4. The van der Waals surface area contributed by atoms with E-state index < -0.39 is 5.97 Å². The zero-order valence-corrected chi connectivity index (χ0v) is 18.8. The highest BCUT2D eigenvalue weighted by Gasteiger charge is 2.17. The fourth-order valence-corrected chi connectivity index (χ4v) is 4.14. The van der Waals surface area contributed by atoms with Crippen LogP contribution in [-0.2, 0) is 11.3 Å². The molecule has 0 unspecified atom stereocenters. The molecular weight excluding hydrogens is 460 g/mol. The number of aromatic nitrogens is 2. The standard InChI is InChI=1S/C19H19BrN4O2S2/c1-11-4-6-13(7-5-11)9-24-10-15(20)16(23-24)21-19(27)22-17-14(18(25)26-3)8-12(2)28-17/h4-8,10H,9H2,1-3H3,(H2,21,22,23,27). The molecule has 1 aromatic carbocycles. The number of methoxy groups -OCH3 is 1.